The third-order valence-electron chi connectivity index (χ3n) is 3.53. The highest BCUT2D eigenvalue weighted by atomic mass is 16.5. The van der Waals surface area contributed by atoms with Gasteiger partial charge in [0.1, 0.15) is 0 Å². The highest BCUT2D eigenvalue weighted by Crippen LogP contribution is 2.39. The fourth-order valence-electron chi connectivity index (χ4n) is 3.13. The zero-order chi connectivity index (χ0) is 14.1. The van der Waals surface area contributed by atoms with E-state index in [0.29, 0.717) is 6.42 Å². The molecule has 1 N–H and O–H groups in total. The molecule has 1 fully saturated rings. The lowest BCUT2D eigenvalue weighted by atomic mass is 9.68. The van der Waals surface area contributed by atoms with Crippen LogP contribution in [0.15, 0.2) is 0 Å². The normalized spacial score (nSPS) is 29.4. The van der Waals surface area contributed by atoms with Gasteiger partial charge < -0.3 is 14.8 Å². The number of methoxy groups -OCH3 is 2. The highest BCUT2D eigenvalue weighted by Gasteiger charge is 2.52. The maximum atomic E-state index is 12.0. The molecule has 0 radical (unpaired) electrons. The summed E-state index contributed by atoms with van der Waals surface area (Å²) in [5.41, 5.74) is -0.749. The number of hydrogen-bond acceptors (Lipinski definition) is 5. The van der Waals surface area contributed by atoms with E-state index in [-0.39, 0.29) is 17.5 Å². The van der Waals surface area contributed by atoms with Crippen molar-refractivity contribution in [1.82, 2.24) is 5.32 Å². The maximum absolute atomic E-state index is 12.0. The molecule has 1 heterocycles. The summed E-state index contributed by atoms with van der Waals surface area (Å²) in [5, 5.41) is 3.40. The number of hydrogen-bond donors (Lipinski definition) is 1. The van der Waals surface area contributed by atoms with Crippen molar-refractivity contribution >= 4 is 11.9 Å². The summed E-state index contributed by atoms with van der Waals surface area (Å²) in [4.78, 5) is 23.9. The van der Waals surface area contributed by atoms with Crippen LogP contribution < -0.4 is 5.32 Å². The molecule has 5 heteroatoms. The summed E-state index contributed by atoms with van der Waals surface area (Å²) in [6.45, 7) is 7.84. The first-order valence-corrected chi connectivity index (χ1v) is 6.09. The van der Waals surface area contributed by atoms with Gasteiger partial charge in [0.25, 0.3) is 0 Å². The van der Waals surface area contributed by atoms with Crippen LogP contribution in [0.4, 0.5) is 0 Å². The van der Waals surface area contributed by atoms with Crippen molar-refractivity contribution in [2.24, 2.45) is 11.8 Å². The molecule has 0 bridgehead atoms. The number of carbonyl (C=O) groups excluding carboxylic acids is 2. The molecule has 5 nitrogen and oxygen atoms in total. The predicted molar refractivity (Wildman–Crippen MR) is 66.9 cm³/mol. The summed E-state index contributed by atoms with van der Waals surface area (Å²) in [6.07, 6.45) is 0.545. The van der Waals surface area contributed by atoms with E-state index in [2.05, 4.69) is 5.32 Å². The maximum Gasteiger partial charge on any atom is 0.311 e. The zero-order valence-corrected chi connectivity index (χ0v) is 12.0. The molecule has 1 rings (SSSR count). The molecule has 0 amide bonds. The highest BCUT2D eigenvalue weighted by molar-refractivity contribution is 5.83. The lowest BCUT2D eigenvalue weighted by molar-refractivity contribution is -0.165. The molecule has 0 aromatic heterocycles. The van der Waals surface area contributed by atoms with Gasteiger partial charge in [-0.05, 0) is 34.1 Å². The van der Waals surface area contributed by atoms with E-state index in [0.717, 1.165) is 0 Å². The molecular weight excluding hydrogens is 234 g/mol. The summed E-state index contributed by atoms with van der Waals surface area (Å²) in [5.74, 6) is -1.75. The van der Waals surface area contributed by atoms with Crippen molar-refractivity contribution in [3.05, 3.63) is 0 Å². The number of piperidine rings is 1. The molecule has 2 unspecified atom stereocenters. The number of carbonyl (C=O) groups is 2. The standard InChI is InChI=1S/C13H23NO4/c1-12(2)7-8(10(15)17-5)9(11(16)18-6)13(3,4)14-12/h8-9,14H,7H2,1-6H3. The lowest BCUT2D eigenvalue weighted by Crippen LogP contribution is -2.66. The van der Waals surface area contributed by atoms with Crippen molar-refractivity contribution in [3.63, 3.8) is 0 Å². The smallest absolute Gasteiger partial charge is 0.311 e. The van der Waals surface area contributed by atoms with Gasteiger partial charge in [-0.3, -0.25) is 9.59 Å². The minimum absolute atomic E-state index is 0.229. The Balaban J connectivity index is 3.15. The average Bonchev–Trinajstić information content (AvgIpc) is 2.23. The van der Waals surface area contributed by atoms with Gasteiger partial charge in [-0.1, -0.05) is 0 Å². The Kier molecular flexibility index (Phi) is 4.05. The molecule has 1 aliphatic rings. The Bertz CT molecular complexity index is 349. The molecule has 104 valence electrons. The largest absolute Gasteiger partial charge is 0.469 e. The molecule has 0 aliphatic carbocycles. The van der Waals surface area contributed by atoms with Crippen LogP contribution >= 0.6 is 0 Å². The third-order valence-corrected chi connectivity index (χ3v) is 3.53. The first-order valence-electron chi connectivity index (χ1n) is 6.09. The van der Waals surface area contributed by atoms with Crippen LogP contribution in [0.2, 0.25) is 0 Å². The van der Waals surface area contributed by atoms with Crippen LogP contribution in [0.1, 0.15) is 34.1 Å². The minimum Gasteiger partial charge on any atom is -0.469 e. The molecule has 0 aromatic carbocycles. The zero-order valence-electron chi connectivity index (χ0n) is 12.0. The van der Waals surface area contributed by atoms with Crippen LogP contribution in [-0.2, 0) is 19.1 Å². The van der Waals surface area contributed by atoms with E-state index in [9.17, 15) is 9.59 Å². The van der Waals surface area contributed by atoms with Crippen LogP contribution in [0.3, 0.4) is 0 Å². The molecule has 18 heavy (non-hydrogen) atoms. The Labute approximate surface area is 108 Å². The van der Waals surface area contributed by atoms with E-state index < -0.39 is 17.4 Å². The quantitative estimate of drug-likeness (QED) is 0.751. The van der Waals surface area contributed by atoms with E-state index in [1.807, 2.05) is 27.7 Å². The number of rotatable bonds is 2. The fraction of sp³-hybridized carbons (Fsp3) is 0.846. The van der Waals surface area contributed by atoms with Crippen molar-refractivity contribution in [1.29, 1.82) is 0 Å². The topological polar surface area (TPSA) is 64.6 Å². The second-order valence-corrected chi connectivity index (χ2v) is 6.07. The van der Waals surface area contributed by atoms with Gasteiger partial charge in [-0.15, -0.1) is 0 Å². The fourth-order valence-corrected chi connectivity index (χ4v) is 3.13. The SMILES string of the molecule is COC(=O)C1CC(C)(C)NC(C)(C)C1C(=O)OC. The van der Waals surface area contributed by atoms with Crippen LogP contribution in [0.25, 0.3) is 0 Å². The molecular formula is C13H23NO4. The number of ether oxygens (including phenoxy) is 2. The van der Waals surface area contributed by atoms with E-state index in [4.69, 9.17) is 9.47 Å². The van der Waals surface area contributed by atoms with E-state index in [1.165, 1.54) is 14.2 Å². The second-order valence-electron chi connectivity index (χ2n) is 6.07. The third kappa shape index (κ3) is 2.83. The van der Waals surface area contributed by atoms with Crippen molar-refractivity contribution in [2.45, 2.75) is 45.2 Å². The second kappa shape index (κ2) is 4.88. The van der Waals surface area contributed by atoms with Gasteiger partial charge in [0.15, 0.2) is 0 Å². The molecule has 2 atom stereocenters. The molecule has 0 aromatic rings. The monoisotopic (exact) mass is 257 g/mol. The Hall–Kier alpha value is -1.10. The van der Waals surface area contributed by atoms with Crippen LogP contribution in [0.5, 0.6) is 0 Å². The van der Waals surface area contributed by atoms with Crippen LogP contribution in [0, 0.1) is 11.8 Å². The number of nitrogens with one attached hydrogen (secondary N) is 1. The summed E-state index contributed by atoms with van der Waals surface area (Å²) in [6, 6.07) is 0. The lowest BCUT2D eigenvalue weighted by Gasteiger charge is -2.49. The van der Waals surface area contributed by atoms with E-state index in [1.54, 1.807) is 0 Å². The molecule has 1 aliphatic heterocycles. The molecule has 0 saturated carbocycles. The molecule has 0 spiro atoms. The molecule has 1 saturated heterocycles. The van der Waals surface area contributed by atoms with Gasteiger partial charge >= 0.3 is 11.9 Å². The summed E-state index contributed by atoms with van der Waals surface area (Å²) in [7, 11) is 2.69. The van der Waals surface area contributed by atoms with Crippen molar-refractivity contribution in [3.8, 4) is 0 Å². The van der Waals surface area contributed by atoms with Crippen molar-refractivity contribution < 1.29 is 19.1 Å². The van der Waals surface area contributed by atoms with Crippen molar-refractivity contribution in [2.75, 3.05) is 14.2 Å². The first kappa shape index (κ1) is 15.0. The summed E-state index contributed by atoms with van der Waals surface area (Å²) >= 11 is 0. The van der Waals surface area contributed by atoms with Crippen LogP contribution in [-0.4, -0.2) is 37.2 Å². The van der Waals surface area contributed by atoms with Gasteiger partial charge in [0.2, 0.25) is 0 Å². The summed E-state index contributed by atoms with van der Waals surface area (Å²) < 4.78 is 9.66. The minimum atomic E-state index is -0.539. The van der Waals surface area contributed by atoms with E-state index >= 15 is 0 Å². The Morgan fingerprint density at radius 2 is 1.56 bits per heavy atom. The van der Waals surface area contributed by atoms with Gasteiger partial charge in [-0.2, -0.15) is 0 Å². The van der Waals surface area contributed by atoms with Gasteiger partial charge in [0, 0.05) is 11.1 Å². The van der Waals surface area contributed by atoms with Gasteiger partial charge in [0.05, 0.1) is 26.1 Å². The predicted octanol–water partition coefficient (Wildman–Crippen LogP) is 1.12. The Morgan fingerprint density at radius 3 is 2.00 bits per heavy atom. The average molecular weight is 257 g/mol. The number of esters is 2. The first-order chi connectivity index (χ1) is 8.14. The Morgan fingerprint density at radius 1 is 1.06 bits per heavy atom. The van der Waals surface area contributed by atoms with Gasteiger partial charge in [-0.25, -0.2) is 0 Å².